The first-order chi connectivity index (χ1) is 7.91. The molecule has 3 nitrogen and oxygen atoms in total. The van der Waals surface area contributed by atoms with Crippen LogP contribution in [0.5, 0.6) is 0 Å². The van der Waals surface area contributed by atoms with Gasteiger partial charge in [0.05, 0.1) is 4.47 Å². The number of carboxylic acids is 1. The molecule has 1 aromatic rings. The fraction of sp³-hybridized carbons (Fsp3) is 0.417. The van der Waals surface area contributed by atoms with Crippen molar-refractivity contribution in [3.8, 4) is 0 Å². The molecule has 94 valence electrons. The van der Waals surface area contributed by atoms with Crippen molar-refractivity contribution in [2.75, 3.05) is 0 Å². The molecule has 0 saturated heterocycles. The third-order valence-electron chi connectivity index (χ3n) is 2.44. The van der Waals surface area contributed by atoms with E-state index in [1.54, 1.807) is 12.1 Å². The fourth-order valence-electron chi connectivity index (χ4n) is 1.49. The van der Waals surface area contributed by atoms with Crippen molar-refractivity contribution >= 4 is 21.9 Å². The van der Waals surface area contributed by atoms with Crippen molar-refractivity contribution in [1.29, 1.82) is 0 Å². The van der Waals surface area contributed by atoms with Crippen LogP contribution in [0.15, 0.2) is 22.7 Å². The van der Waals surface area contributed by atoms with Gasteiger partial charge in [-0.2, -0.15) is 0 Å². The van der Waals surface area contributed by atoms with Gasteiger partial charge >= 0.3 is 5.97 Å². The van der Waals surface area contributed by atoms with Crippen LogP contribution in [0.4, 0.5) is 4.39 Å². The van der Waals surface area contributed by atoms with Crippen molar-refractivity contribution in [1.82, 2.24) is 5.32 Å². The molecule has 1 aromatic carbocycles. The average molecular weight is 304 g/mol. The molecule has 0 unspecified atom stereocenters. The first kappa shape index (κ1) is 14.1. The maximum absolute atomic E-state index is 13.0. The van der Waals surface area contributed by atoms with Crippen molar-refractivity contribution in [2.45, 2.75) is 26.4 Å². The predicted octanol–water partition coefficient (Wildman–Crippen LogP) is 2.79. The van der Waals surface area contributed by atoms with Gasteiger partial charge in [-0.3, -0.25) is 4.79 Å². The predicted molar refractivity (Wildman–Crippen MR) is 67.2 cm³/mol. The van der Waals surface area contributed by atoms with Crippen molar-refractivity contribution in [3.63, 3.8) is 0 Å². The van der Waals surface area contributed by atoms with Crippen LogP contribution in [0.1, 0.15) is 19.4 Å². The Labute approximate surface area is 108 Å². The Hall–Kier alpha value is -0.940. The first-order valence-corrected chi connectivity index (χ1v) is 6.11. The van der Waals surface area contributed by atoms with E-state index in [0.717, 1.165) is 5.56 Å². The van der Waals surface area contributed by atoms with Crippen LogP contribution in [-0.2, 0) is 11.3 Å². The van der Waals surface area contributed by atoms with Crippen LogP contribution < -0.4 is 5.32 Å². The zero-order valence-corrected chi connectivity index (χ0v) is 11.3. The zero-order valence-electron chi connectivity index (χ0n) is 9.71. The molecule has 1 rings (SSSR count). The Bertz CT molecular complexity index is 409. The lowest BCUT2D eigenvalue weighted by Gasteiger charge is -2.18. The largest absolute Gasteiger partial charge is 0.480 e. The first-order valence-electron chi connectivity index (χ1n) is 5.32. The number of halogens is 2. The third kappa shape index (κ3) is 4.09. The Morgan fingerprint density at radius 1 is 1.53 bits per heavy atom. The maximum Gasteiger partial charge on any atom is 0.320 e. The van der Waals surface area contributed by atoms with Crippen LogP contribution in [0, 0.1) is 11.7 Å². The molecule has 0 aliphatic rings. The van der Waals surface area contributed by atoms with E-state index in [-0.39, 0.29) is 11.7 Å². The minimum absolute atomic E-state index is 0.00334. The van der Waals surface area contributed by atoms with Crippen LogP contribution in [0.25, 0.3) is 0 Å². The molecule has 1 atom stereocenters. The molecule has 0 bridgehead atoms. The summed E-state index contributed by atoms with van der Waals surface area (Å²) in [5.41, 5.74) is 0.838. The minimum atomic E-state index is -0.874. The van der Waals surface area contributed by atoms with Gasteiger partial charge in [0, 0.05) is 6.54 Å². The summed E-state index contributed by atoms with van der Waals surface area (Å²) in [6.45, 7) is 4.08. The lowest BCUT2D eigenvalue weighted by molar-refractivity contribution is -0.140. The molecule has 0 radical (unpaired) electrons. The summed E-state index contributed by atoms with van der Waals surface area (Å²) in [6, 6.07) is 4.03. The van der Waals surface area contributed by atoms with E-state index in [0.29, 0.717) is 11.0 Å². The lowest BCUT2D eigenvalue weighted by Crippen LogP contribution is -2.40. The molecule has 0 aliphatic carbocycles. The standard InChI is InChI=1S/C12H15BrFNO2/c1-7(2)11(12(16)17)15-6-8-3-4-10(14)9(13)5-8/h3-5,7,11,15H,6H2,1-2H3,(H,16,17)/t11-/m1/s1. The van der Waals surface area contributed by atoms with Gasteiger partial charge in [-0.05, 0) is 39.5 Å². The lowest BCUT2D eigenvalue weighted by atomic mass is 10.0. The van der Waals surface area contributed by atoms with Crippen molar-refractivity contribution < 1.29 is 14.3 Å². The van der Waals surface area contributed by atoms with Gasteiger partial charge < -0.3 is 10.4 Å². The van der Waals surface area contributed by atoms with Gasteiger partial charge in [0.15, 0.2) is 0 Å². The molecule has 2 N–H and O–H groups in total. The Kier molecular flexibility index (Phi) is 5.08. The summed E-state index contributed by atoms with van der Waals surface area (Å²) in [7, 11) is 0. The molecule has 17 heavy (non-hydrogen) atoms. The number of carbonyl (C=O) groups is 1. The van der Waals surface area contributed by atoms with Gasteiger partial charge in [-0.15, -0.1) is 0 Å². The van der Waals surface area contributed by atoms with Crippen molar-refractivity contribution in [2.24, 2.45) is 5.92 Å². The zero-order chi connectivity index (χ0) is 13.0. The molecule has 0 amide bonds. The summed E-state index contributed by atoms with van der Waals surface area (Å²) in [6.07, 6.45) is 0. The number of rotatable bonds is 5. The second-order valence-corrected chi connectivity index (χ2v) is 5.04. The molecular formula is C12H15BrFNO2. The van der Waals surface area contributed by atoms with E-state index in [1.807, 2.05) is 13.8 Å². The molecule has 0 spiro atoms. The number of hydrogen-bond acceptors (Lipinski definition) is 2. The third-order valence-corrected chi connectivity index (χ3v) is 3.05. The van der Waals surface area contributed by atoms with Crippen LogP contribution in [0.3, 0.4) is 0 Å². The summed E-state index contributed by atoms with van der Waals surface area (Å²) < 4.78 is 13.4. The summed E-state index contributed by atoms with van der Waals surface area (Å²) in [5.74, 6) is -1.20. The summed E-state index contributed by atoms with van der Waals surface area (Å²) in [5, 5.41) is 11.9. The van der Waals surface area contributed by atoms with E-state index in [1.165, 1.54) is 6.07 Å². The highest BCUT2D eigenvalue weighted by Gasteiger charge is 2.20. The van der Waals surface area contributed by atoms with Gasteiger partial charge in [0.2, 0.25) is 0 Å². The van der Waals surface area contributed by atoms with Gasteiger partial charge in [0.25, 0.3) is 0 Å². The van der Waals surface area contributed by atoms with E-state index < -0.39 is 12.0 Å². The SMILES string of the molecule is CC(C)[C@@H](NCc1ccc(F)c(Br)c1)C(=O)O. The highest BCUT2D eigenvalue weighted by molar-refractivity contribution is 9.10. The van der Waals surface area contributed by atoms with Crippen LogP contribution in [0.2, 0.25) is 0 Å². The Morgan fingerprint density at radius 2 is 2.18 bits per heavy atom. The quantitative estimate of drug-likeness (QED) is 0.879. The van der Waals surface area contributed by atoms with Crippen LogP contribution >= 0.6 is 15.9 Å². The van der Waals surface area contributed by atoms with E-state index in [4.69, 9.17) is 5.11 Å². The van der Waals surface area contributed by atoms with Gasteiger partial charge in [0.1, 0.15) is 11.9 Å². The molecule has 0 aromatic heterocycles. The minimum Gasteiger partial charge on any atom is -0.480 e. The number of carboxylic acid groups (broad SMARTS) is 1. The number of nitrogens with one attached hydrogen (secondary N) is 1. The number of aliphatic carboxylic acids is 1. The smallest absolute Gasteiger partial charge is 0.320 e. The Morgan fingerprint density at radius 3 is 2.65 bits per heavy atom. The highest BCUT2D eigenvalue weighted by Crippen LogP contribution is 2.17. The molecular weight excluding hydrogens is 289 g/mol. The highest BCUT2D eigenvalue weighted by atomic mass is 79.9. The van der Waals surface area contributed by atoms with E-state index >= 15 is 0 Å². The van der Waals surface area contributed by atoms with E-state index in [9.17, 15) is 9.18 Å². The maximum atomic E-state index is 13.0. The number of benzene rings is 1. The average Bonchev–Trinajstić information content (AvgIpc) is 2.22. The summed E-state index contributed by atoms with van der Waals surface area (Å²) in [4.78, 5) is 11.0. The fourth-order valence-corrected chi connectivity index (χ4v) is 1.91. The molecule has 0 aliphatic heterocycles. The molecule has 0 saturated carbocycles. The summed E-state index contributed by atoms with van der Waals surface area (Å²) >= 11 is 3.09. The molecule has 0 fully saturated rings. The second-order valence-electron chi connectivity index (χ2n) is 4.19. The second kappa shape index (κ2) is 6.12. The van der Waals surface area contributed by atoms with E-state index in [2.05, 4.69) is 21.2 Å². The van der Waals surface area contributed by atoms with Gasteiger partial charge in [-0.1, -0.05) is 19.9 Å². The molecule has 5 heteroatoms. The number of hydrogen-bond donors (Lipinski definition) is 2. The van der Waals surface area contributed by atoms with Gasteiger partial charge in [-0.25, -0.2) is 4.39 Å². The molecule has 0 heterocycles. The Balaban J connectivity index is 2.65. The van der Waals surface area contributed by atoms with Crippen LogP contribution in [-0.4, -0.2) is 17.1 Å². The van der Waals surface area contributed by atoms with Crippen molar-refractivity contribution in [3.05, 3.63) is 34.1 Å². The normalized spacial score (nSPS) is 12.8. The topological polar surface area (TPSA) is 49.3 Å². The monoisotopic (exact) mass is 303 g/mol.